The van der Waals surface area contributed by atoms with Crippen molar-refractivity contribution in [1.82, 2.24) is 14.5 Å². The van der Waals surface area contributed by atoms with E-state index in [1.807, 2.05) is 55.5 Å². The minimum atomic E-state index is -0.654. The third kappa shape index (κ3) is 5.88. The Kier molecular flexibility index (Phi) is 8.61. The molecular formula is C34H32N4O5. The molecule has 0 radical (unpaired) electrons. The molecule has 1 heterocycles. The van der Waals surface area contributed by atoms with Gasteiger partial charge in [0.2, 0.25) is 0 Å². The first-order valence-electron chi connectivity index (χ1n) is 14.1. The van der Waals surface area contributed by atoms with Crippen LogP contribution in [0.15, 0.2) is 102 Å². The Morgan fingerprint density at radius 3 is 2.42 bits per heavy atom. The average molecular weight is 577 g/mol. The number of hydrogen-bond donors (Lipinski definition) is 0. The number of carbonyl (C=O) groups excluding carboxylic acids is 1. The van der Waals surface area contributed by atoms with Gasteiger partial charge in [0.05, 0.1) is 34.7 Å². The van der Waals surface area contributed by atoms with Gasteiger partial charge in [-0.1, -0.05) is 67.6 Å². The van der Waals surface area contributed by atoms with Gasteiger partial charge in [0.15, 0.2) is 0 Å². The average Bonchev–Trinajstić information content (AvgIpc) is 3.03. The summed E-state index contributed by atoms with van der Waals surface area (Å²) in [7, 11) is 1.54. The molecule has 0 N–H and O–H groups in total. The summed E-state index contributed by atoms with van der Waals surface area (Å²) in [5, 5.41) is 12.2. The molecule has 43 heavy (non-hydrogen) atoms. The van der Waals surface area contributed by atoms with Crippen LogP contribution in [0.2, 0.25) is 0 Å². The molecule has 4 aromatic carbocycles. The van der Waals surface area contributed by atoms with Crippen molar-refractivity contribution < 1.29 is 14.5 Å². The molecule has 0 bridgehead atoms. The lowest BCUT2D eigenvalue weighted by molar-refractivity contribution is -0.385. The molecule has 5 rings (SSSR count). The number of hydrogen-bond acceptors (Lipinski definition) is 6. The molecule has 1 atom stereocenters. The number of nitro benzene ring substituents is 1. The van der Waals surface area contributed by atoms with Crippen LogP contribution in [0.4, 0.5) is 5.69 Å². The smallest absolute Gasteiger partial charge is 0.273 e. The maximum Gasteiger partial charge on any atom is 0.273 e. The monoisotopic (exact) mass is 576 g/mol. The molecule has 0 aliphatic rings. The number of ether oxygens (including phenoxy) is 1. The van der Waals surface area contributed by atoms with E-state index in [9.17, 15) is 19.7 Å². The first-order chi connectivity index (χ1) is 20.8. The van der Waals surface area contributed by atoms with E-state index in [2.05, 4.69) is 0 Å². The molecule has 9 heteroatoms. The fourth-order valence-electron chi connectivity index (χ4n) is 5.36. The number of para-hydroxylation sites is 3. The zero-order valence-corrected chi connectivity index (χ0v) is 24.3. The SMILES string of the molecule is CCC(c1nc2ccccc2c(=O)n1-c1ccccc1OC)N(CCc1ccccc1)C(=O)c1ccc(C)c([N+](=O)[O-])c1. The van der Waals surface area contributed by atoms with E-state index in [-0.39, 0.29) is 29.3 Å². The minimum absolute atomic E-state index is 0.128. The number of aryl methyl sites for hydroxylation is 1. The van der Waals surface area contributed by atoms with Crippen LogP contribution in [0.3, 0.4) is 0 Å². The highest BCUT2D eigenvalue weighted by molar-refractivity contribution is 5.95. The molecule has 218 valence electrons. The van der Waals surface area contributed by atoms with Crippen LogP contribution in [0.5, 0.6) is 5.75 Å². The fourth-order valence-corrected chi connectivity index (χ4v) is 5.36. The topological polar surface area (TPSA) is 108 Å². The van der Waals surface area contributed by atoms with Crippen molar-refractivity contribution in [3.05, 3.63) is 140 Å². The van der Waals surface area contributed by atoms with Gasteiger partial charge in [-0.25, -0.2) is 4.98 Å². The van der Waals surface area contributed by atoms with Crippen molar-refractivity contribution in [2.75, 3.05) is 13.7 Å². The highest BCUT2D eigenvalue weighted by atomic mass is 16.6. The first-order valence-corrected chi connectivity index (χ1v) is 14.1. The number of aromatic nitrogens is 2. The van der Waals surface area contributed by atoms with E-state index in [1.54, 1.807) is 54.3 Å². The normalized spacial score (nSPS) is 11.7. The van der Waals surface area contributed by atoms with Gasteiger partial charge in [0, 0.05) is 23.7 Å². The molecule has 5 aromatic rings. The Bertz CT molecular complexity index is 1850. The van der Waals surface area contributed by atoms with Crippen LogP contribution in [0, 0.1) is 17.0 Å². The van der Waals surface area contributed by atoms with Crippen LogP contribution in [0.25, 0.3) is 16.6 Å². The molecule has 0 saturated carbocycles. The lowest BCUT2D eigenvalue weighted by atomic mass is 10.0. The molecule has 0 saturated heterocycles. The zero-order valence-electron chi connectivity index (χ0n) is 24.3. The number of benzene rings is 4. The summed E-state index contributed by atoms with van der Waals surface area (Å²) in [6.45, 7) is 3.86. The second-order valence-corrected chi connectivity index (χ2v) is 10.2. The number of fused-ring (bicyclic) bond motifs is 1. The van der Waals surface area contributed by atoms with Crippen LogP contribution >= 0.6 is 0 Å². The van der Waals surface area contributed by atoms with Crippen molar-refractivity contribution in [2.24, 2.45) is 0 Å². The maximum atomic E-state index is 14.3. The van der Waals surface area contributed by atoms with Crippen molar-refractivity contribution in [3.63, 3.8) is 0 Å². The summed E-state index contributed by atoms with van der Waals surface area (Å²) in [4.78, 5) is 46.3. The van der Waals surface area contributed by atoms with Gasteiger partial charge in [0.1, 0.15) is 11.6 Å². The number of methoxy groups -OCH3 is 1. The number of carbonyl (C=O) groups is 1. The predicted octanol–water partition coefficient (Wildman–Crippen LogP) is 6.45. The molecule has 0 aliphatic carbocycles. The van der Waals surface area contributed by atoms with Crippen molar-refractivity contribution in [1.29, 1.82) is 0 Å². The molecular weight excluding hydrogens is 544 g/mol. The standard InChI is InChI=1S/C34H32N4O5/c1-4-28(32-35-27-15-9-8-14-26(27)34(40)37(32)29-16-10-11-17-31(29)43-3)36(21-20-24-12-6-5-7-13-24)33(39)25-19-18-23(2)30(22-25)38(41)42/h5-19,22,28H,4,20-21H2,1-3H3. The van der Waals surface area contributed by atoms with Gasteiger partial charge >= 0.3 is 0 Å². The number of rotatable bonds is 10. The van der Waals surface area contributed by atoms with Gasteiger partial charge in [0.25, 0.3) is 17.2 Å². The van der Waals surface area contributed by atoms with Crippen molar-refractivity contribution in [3.8, 4) is 11.4 Å². The Labute approximate surface area is 249 Å². The molecule has 9 nitrogen and oxygen atoms in total. The van der Waals surface area contributed by atoms with Crippen LogP contribution < -0.4 is 10.3 Å². The highest BCUT2D eigenvalue weighted by Crippen LogP contribution is 2.31. The Balaban J connectivity index is 1.72. The van der Waals surface area contributed by atoms with Gasteiger partial charge in [-0.2, -0.15) is 0 Å². The summed E-state index contributed by atoms with van der Waals surface area (Å²) in [5.74, 6) is 0.465. The minimum Gasteiger partial charge on any atom is -0.495 e. The molecule has 0 spiro atoms. The largest absolute Gasteiger partial charge is 0.495 e. The van der Waals surface area contributed by atoms with Crippen LogP contribution in [0.1, 0.15) is 46.7 Å². The predicted molar refractivity (Wildman–Crippen MR) is 166 cm³/mol. The highest BCUT2D eigenvalue weighted by Gasteiger charge is 2.31. The molecule has 0 fully saturated rings. The first kappa shape index (κ1) is 29.2. The van der Waals surface area contributed by atoms with Crippen molar-refractivity contribution >= 4 is 22.5 Å². The number of nitro groups is 1. The quantitative estimate of drug-likeness (QED) is 0.140. The second kappa shape index (κ2) is 12.7. The Morgan fingerprint density at radius 2 is 1.70 bits per heavy atom. The zero-order chi connectivity index (χ0) is 30.5. The molecule has 1 aromatic heterocycles. The number of nitrogens with zero attached hydrogens (tertiary/aromatic N) is 4. The third-order valence-electron chi connectivity index (χ3n) is 7.59. The fraction of sp³-hybridized carbons (Fsp3) is 0.206. The summed E-state index contributed by atoms with van der Waals surface area (Å²) in [5.41, 5.74) is 2.28. The van der Waals surface area contributed by atoms with Gasteiger partial charge in [-0.05, 0) is 55.7 Å². The van der Waals surface area contributed by atoms with Crippen LogP contribution in [-0.4, -0.2) is 38.9 Å². The summed E-state index contributed by atoms with van der Waals surface area (Å²) < 4.78 is 7.16. The van der Waals surface area contributed by atoms with E-state index >= 15 is 0 Å². The lowest BCUT2D eigenvalue weighted by Crippen LogP contribution is -2.40. The molecule has 1 amide bonds. The summed E-state index contributed by atoms with van der Waals surface area (Å²) in [6.07, 6.45) is 0.956. The second-order valence-electron chi connectivity index (χ2n) is 10.2. The van der Waals surface area contributed by atoms with E-state index in [0.717, 1.165) is 5.56 Å². The summed E-state index contributed by atoms with van der Waals surface area (Å²) >= 11 is 0. The van der Waals surface area contributed by atoms with Gasteiger partial charge < -0.3 is 9.64 Å². The van der Waals surface area contributed by atoms with E-state index in [1.165, 1.54) is 17.7 Å². The molecule has 0 aliphatic heterocycles. The summed E-state index contributed by atoms with van der Waals surface area (Å²) in [6, 6.07) is 27.9. The van der Waals surface area contributed by atoms with E-state index in [0.29, 0.717) is 46.6 Å². The lowest BCUT2D eigenvalue weighted by Gasteiger charge is -2.33. The van der Waals surface area contributed by atoms with E-state index < -0.39 is 11.0 Å². The van der Waals surface area contributed by atoms with Gasteiger partial charge in [-0.3, -0.25) is 24.3 Å². The maximum absolute atomic E-state index is 14.3. The van der Waals surface area contributed by atoms with E-state index in [4.69, 9.17) is 9.72 Å². The Hall–Kier alpha value is -5.31. The number of amides is 1. The third-order valence-corrected chi connectivity index (χ3v) is 7.59. The molecule has 1 unspecified atom stereocenters. The van der Waals surface area contributed by atoms with Crippen LogP contribution in [-0.2, 0) is 6.42 Å². The van der Waals surface area contributed by atoms with Gasteiger partial charge in [-0.15, -0.1) is 0 Å². The Morgan fingerprint density at radius 1 is 1.00 bits per heavy atom. The van der Waals surface area contributed by atoms with Crippen molar-refractivity contribution in [2.45, 2.75) is 32.7 Å².